The molecule has 0 saturated carbocycles. The summed E-state index contributed by atoms with van der Waals surface area (Å²) in [6, 6.07) is 1.16. The molecule has 3 N–H and O–H groups in total. The first-order valence-electron chi connectivity index (χ1n) is 4.88. The fraction of sp³-hybridized carbons (Fsp3) is 0.500. The lowest BCUT2D eigenvalue weighted by Gasteiger charge is -2.13. The molecule has 8 heteroatoms. The van der Waals surface area contributed by atoms with Crippen molar-refractivity contribution < 1.29 is 23.0 Å². The molecule has 0 amide bonds. The number of halogens is 4. The van der Waals surface area contributed by atoms with E-state index in [-0.39, 0.29) is 29.9 Å². The summed E-state index contributed by atoms with van der Waals surface area (Å²) < 4.78 is 40.3. The zero-order valence-electron chi connectivity index (χ0n) is 9.57. The van der Waals surface area contributed by atoms with Gasteiger partial charge >= 0.3 is 6.18 Å². The van der Waals surface area contributed by atoms with Crippen molar-refractivity contribution in [2.75, 3.05) is 6.61 Å². The van der Waals surface area contributed by atoms with Crippen LogP contribution in [-0.2, 0) is 6.61 Å². The summed E-state index contributed by atoms with van der Waals surface area (Å²) in [6.07, 6.45) is -3.11. The number of nitrogens with two attached hydrogens (primary N) is 1. The van der Waals surface area contributed by atoms with E-state index in [1.54, 1.807) is 6.92 Å². The lowest BCUT2D eigenvalue weighted by molar-refractivity contribution is -0.154. The molecule has 0 aliphatic heterocycles. The molecule has 18 heavy (non-hydrogen) atoms. The molecule has 4 nitrogen and oxygen atoms in total. The van der Waals surface area contributed by atoms with Gasteiger partial charge in [0, 0.05) is 17.8 Å². The predicted molar refractivity (Wildman–Crippen MR) is 61.6 cm³/mol. The smallest absolute Gasteiger partial charge is 0.422 e. The molecule has 1 aromatic heterocycles. The highest BCUT2D eigenvalue weighted by atomic mass is 35.5. The third-order valence-corrected chi connectivity index (χ3v) is 2.02. The van der Waals surface area contributed by atoms with Crippen LogP contribution in [0.15, 0.2) is 12.3 Å². The zero-order valence-corrected chi connectivity index (χ0v) is 10.4. The number of nitrogens with zero attached hydrogens (tertiary/aromatic N) is 1. The maximum Gasteiger partial charge on any atom is 0.422 e. The van der Waals surface area contributed by atoms with E-state index < -0.39 is 19.4 Å². The minimum Gasteiger partial charge on any atom is -0.468 e. The van der Waals surface area contributed by atoms with E-state index >= 15 is 0 Å². The quantitative estimate of drug-likeness (QED) is 0.888. The predicted octanol–water partition coefficient (Wildman–Crippen LogP) is 1.96. The first-order valence-corrected chi connectivity index (χ1v) is 4.88. The number of aromatic nitrogens is 1. The molecule has 0 spiro atoms. The zero-order chi connectivity index (χ0) is 13.1. The number of aliphatic hydroxyl groups excluding tert-OH is 1. The minimum absolute atomic E-state index is 0. The molecule has 1 atom stereocenters. The molecule has 104 valence electrons. The molecule has 0 aromatic carbocycles. The van der Waals surface area contributed by atoms with E-state index in [1.165, 1.54) is 12.3 Å². The van der Waals surface area contributed by atoms with Gasteiger partial charge in [0.15, 0.2) is 6.61 Å². The van der Waals surface area contributed by atoms with E-state index in [0.717, 1.165) is 0 Å². The molecule has 1 heterocycles. The van der Waals surface area contributed by atoms with Crippen LogP contribution in [0.5, 0.6) is 5.88 Å². The van der Waals surface area contributed by atoms with Gasteiger partial charge in [-0.25, -0.2) is 4.98 Å². The molecule has 0 fully saturated rings. The Hall–Kier alpha value is -1.05. The van der Waals surface area contributed by atoms with Crippen molar-refractivity contribution in [3.63, 3.8) is 0 Å². The number of rotatable bonds is 4. The summed E-state index contributed by atoms with van der Waals surface area (Å²) in [5.41, 5.74) is 6.39. The van der Waals surface area contributed by atoms with E-state index in [0.29, 0.717) is 5.56 Å². The van der Waals surface area contributed by atoms with Crippen molar-refractivity contribution in [3.8, 4) is 5.88 Å². The fourth-order valence-corrected chi connectivity index (χ4v) is 1.16. The highest BCUT2D eigenvalue weighted by molar-refractivity contribution is 5.85. The van der Waals surface area contributed by atoms with E-state index in [9.17, 15) is 13.2 Å². The van der Waals surface area contributed by atoms with Crippen LogP contribution in [-0.4, -0.2) is 22.9 Å². The van der Waals surface area contributed by atoms with E-state index in [1.807, 2.05) is 0 Å². The van der Waals surface area contributed by atoms with Crippen molar-refractivity contribution >= 4 is 12.4 Å². The van der Waals surface area contributed by atoms with Crippen molar-refractivity contribution in [3.05, 3.63) is 23.4 Å². The average Bonchev–Trinajstić information content (AvgIpc) is 2.24. The lowest BCUT2D eigenvalue weighted by Crippen LogP contribution is -2.20. The molecule has 1 unspecified atom stereocenters. The second-order valence-corrected chi connectivity index (χ2v) is 3.58. The molecule has 1 rings (SSSR count). The maximum atomic E-state index is 11.9. The van der Waals surface area contributed by atoms with Gasteiger partial charge in [-0.15, -0.1) is 12.4 Å². The van der Waals surface area contributed by atoms with Crippen LogP contribution in [0.25, 0.3) is 0 Å². The Balaban J connectivity index is 0.00000289. The molecule has 0 bridgehead atoms. The lowest BCUT2D eigenvalue weighted by atomic mass is 10.1. The summed E-state index contributed by atoms with van der Waals surface area (Å²) in [4.78, 5) is 3.71. The first-order chi connectivity index (χ1) is 7.83. The Morgan fingerprint density at radius 1 is 1.50 bits per heavy atom. The Morgan fingerprint density at radius 3 is 2.56 bits per heavy atom. The standard InChI is InChI=1S/C10H13F3N2O2.ClH/c1-6(14)7-2-8(4-16)9(15-3-7)17-5-10(11,12)13;/h2-3,6,16H,4-5,14H2,1H3;1H. The number of hydrogen-bond acceptors (Lipinski definition) is 4. The SMILES string of the molecule is CC(N)c1cnc(OCC(F)(F)F)c(CO)c1.Cl. The second-order valence-electron chi connectivity index (χ2n) is 3.58. The average molecular weight is 287 g/mol. The number of ether oxygens (including phenoxy) is 1. The number of hydrogen-bond donors (Lipinski definition) is 2. The van der Waals surface area contributed by atoms with Crippen LogP contribution in [0.4, 0.5) is 13.2 Å². The van der Waals surface area contributed by atoms with Crippen molar-refractivity contribution in [1.29, 1.82) is 0 Å². The Morgan fingerprint density at radius 2 is 2.11 bits per heavy atom. The largest absolute Gasteiger partial charge is 0.468 e. The van der Waals surface area contributed by atoms with Crippen molar-refractivity contribution in [2.24, 2.45) is 5.73 Å². The normalized spacial score (nSPS) is 12.8. The Bertz CT molecular complexity index is 386. The highest BCUT2D eigenvalue weighted by Gasteiger charge is 2.29. The third kappa shape index (κ3) is 5.07. The number of alkyl halides is 3. The number of aliphatic hydroxyl groups is 1. The molecule has 0 saturated heterocycles. The fourth-order valence-electron chi connectivity index (χ4n) is 1.16. The summed E-state index contributed by atoms with van der Waals surface area (Å²) >= 11 is 0. The molecule has 0 aliphatic carbocycles. The Labute approximate surface area is 108 Å². The molecular weight excluding hydrogens is 273 g/mol. The van der Waals surface area contributed by atoms with Gasteiger partial charge in [0.05, 0.1) is 6.61 Å². The van der Waals surface area contributed by atoms with Gasteiger partial charge in [-0.2, -0.15) is 13.2 Å². The summed E-state index contributed by atoms with van der Waals surface area (Å²) in [7, 11) is 0. The van der Waals surface area contributed by atoms with Gasteiger partial charge in [-0.1, -0.05) is 0 Å². The molecule has 0 aliphatic rings. The van der Waals surface area contributed by atoms with Crippen LogP contribution >= 0.6 is 12.4 Å². The van der Waals surface area contributed by atoms with Crippen molar-refractivity contribution in [2.45, 2.75) is 25.7 Å². The summed E-state index contributed by atoms with van der Waals surface area (Å²) in [5.74, 6) is -0.228. The Kier molecular flexibility index (Phi) is 6.37. The topological polar surface area (TPSA) is 68.4 Å². The van der Waals surface area contributed by atoms with Crippen molar-refractivity contribution in [1.82, 2.24) is 4.98 Å². The highest BCUT2D eigenvalue weighted by Crippen LogP contribution is 2.22. The van der Waals surface area contributed by atoms with Crippen LogP contribution in [0.2, 0.25) is 0 Å². The van der Waals surface area contributed by atoms with Crippen LogP contribution in [0, 0.1) is 0 Å². The number of pyridine rings is 1. The maximum absolute atomic E-state index is 11.9. The van der Waals surface area contributed by atoms with Gasteiger partial charge < -0.3 is 15.6 Å². The summed E-state index contributed by atoms with van der Waals surface area (Å²) in [5, 5.41) is 9.01. The molecule has 0 radical (unpaired) electrons. The van der Waals surface area contributed by atoms with E-state index in [2.05, 4.69) is 9.72 Å². The summed E-state index contributed by atoms with van der Waals surface area (Å²) in [6.45, 7) is -0.195. The second kappa shape index (κ2) is 6.77. The minimum atomic E-state index is -4.44. The van der Waals surface area contributed by atoms with Crippen LogP contribution in [0.3, 0.4) is 0 Å². The van der Waals surface area contributed by atoms with Gasteiger partial charge in [0.1, 0.15) is 0 Å². The first kappa shape index (κ1) is 16.9. The van der Waals surface area contributed by atoms with Gasteiger partial charge in [-0.05, 0) is 18.6 Å². The third-order valence-electron chi connectivity index (χ3n) is 2.02. The monoisotopic (exact) mass is 286 g/mol. The van der Waals surface area contributed by atoms with Gasteiger partial charge in [-0.3, -0.25) is 0 Å². The molecule has 1 aromatic rings. The van der Waals surface area contributed by atoms with Gasteiger partial charge in [0.2, 0.25) is 5.88 Å². The van der Waals surface area contributed by atoms with Gasteiger partial charge in [0.25, 0.3) is 0 Å². The van der Waals surface area contributed by atoms with E-state index in [4.69, 9.17) is 10.8 Å². The van der Waals surface area contributed by atoms with Crippen LogP contribution < -0.4 is 10.5 Å². The van der Waals surface area contributed by atoms with Crippen LogP contribution in [0.1, 0.15) is 24.1 Å². The molecular formula is C10H14ClF3N2O2.